The van der Waals surface area contributed by atoms with Crippen LogP contribution in [0.15, 0.2) is 357 Å². The second kappa shape index (κ2) is 46.7. The van der Waals surface area contributed by atoms with Crippen molar-refractivity contribution < 1.29 is 56.2 Å². The van der Waals surface area contributed by atoms with Crippen molar-refractivity contribution >= 4 is 199 Å². The normalized spacial score (nSPS) is 10.5. The van der Waals surface area contributed by atoms with Gasteiger partial charge in [0.05, 0.1) is 50.8 Å². The van der Waals surface area contributed by atoms with Crippen molar-refractivity contribution in [1.82, 2.24) is 0 Å². The first-order valence-corrected chi connectivity index (χ1v) is 43.7. The van der Waals surface area contributed by atoms with Crippen molar-refractivity contribution in [2.45, 2.75) is 34.3 Å². The summed E-state index contributed by atoms with van der Waals surface area (Å²) >= 11 is 19.8. The minimum absolute atomic E-state index is 0.0216. The van der Waals surface area contributed by atoms with Gasteiger partial charge in [-0.3, -0.25) is 4.55 Å². The van der Waals surface area contributed by atoms with Crippen LogP contribution in [0.2, 0.25) is 10.0 Å². The zero-order valence-corrected chi connectivity index (χ0v) is 75.5. The Balaban J connectivity index is 0.000000172. The fraction of sp³-hybridized carbons (Fsp3) is 0. The van der Waals surface area contributed by atoms with Crippen LogP contribution in [0, 0.1) is 0 Å². The molecule has 0 atom stereocenters. The highest BCUT2D eigenvalue weighted by molar-refractivity contribution is 9.10. The third-order valence-corrected chi connectivity index (χ3v) is 22.8. The summed E-state index contributed by atoms with van der Waals surface area (Å²) in [4.78, 5) is 27.7. The number of aromatic hydroxyl groups is 1. The number of rotatable bonds is 12. The van der Waals surface area contributed by atoms with Gasteiger partial charge in [0, 0.05) is 142 Å². The first kappa shape index (κ1) is 99.2. The highest BCUT2D eigenvalue weighted by Gasteiger charge is 2.21. The molecule has 40 N–H and O–H groups in total. The summed E-state index contributed by atoms with van der Waals surface area (Å²) in [6.07, 6.45) is 3.30. The molecule has 1 aliphatic rings. The number of phenolic OH excluding ortho intramolecular Hbond substituents is 1. The highest BCUT2D eigenvalue weighted by atomic mass is 79.9. The van der Waals surface area contributed by atoms with E-state index >= 15 is 0 Å². The lowest BCUT2D eigenvalue weighted by atomic mass is 9.92. The Morgan fingerprint density at radius 2 is 0.649 bits per heavy atom. The summed E-state index contributed by atoms with van der Waals surface area (Å²) in [5, 5.41) is 26.7. The third kappa shape index (κ3) is 30.9. The summed E-state index contributed by atoms with van der Waals surface area (Å²) < 4.78 is 53.2. The lowest BCUT2D eigenvalue weighted by Crippen LogP contribution is -2.03. The van der Waals surface area contributed by atoms with E-state index in [1.54, 1.807) is 115 Å². The zero-order valence-electron chi connectivity index (χ0n) is 69.2. The standard InChI is InChI=1S/C24H20N2S3.C20H16N2O2.C12H10N2O2.2C7H8N2O2.C6H7BrN2.C6H6Cl2N2.C6H8N2O3S.C6H8N2O/c25-17-1-5-19(6-2-17)27-21-9-13-23(14-10-21)29-24-15-11-22(12-16-24)28-20-7-3-18(26)4-8-20;21-13-5-7-15(17(11-13)19-3-1-9-23-19)16-8-6-14(22)12-18(16)20-4-2-10-24-20;13-7-1-3-9-11(5-7)16-12-6-8(14)2-4-10(12)15-9;8-5-1-4(7(10)11)2-6(9)3-5;8-4-1-2-5(7(10)11)6(9)3-4;7-5-2-1-4(8)3-6(5)9;7-4-1-3(9)2-5(8)6(4)10;7-4-1-2-5(8)6(3-4)12(9,10)11;7-4-1-2-6(9)5(8)3-4/h1-16H,25-26H2;1-12H,21-22H2;1-6H,13-14H2;2*1-3H,8-9H2,(H,10,11);1-3H,8-9H2;1-2H,9-10H2;1-3H,7-8H2,(H,9,10,11);1-3,9H,7-8H2. The van der Waals surface area contributed by atoms with Crippen LogP contribution >= 0.6 is 74.4 Å². The van der Waals surface area contributed by atoms with Crippen LogP contribution in [0.5, 0.6) is 28.7 Å². The Kier molecular flexibility index (Phi) is 35.4. The van der Waals surface area contributed by atoms with Gasteiger partial charge in [0.25, 0.3) is 10.1 Å². The Morgan fingerprint density at radius 3 is 1.01 bits per heavy atom. The summed E-state index contributed by atoms with van der Waals surface area (Å²) in [5.41, 5.74) is 112. The fourth-order valence-electron chi connectivity index (χ4n) is 11.2. The van der Waals surface area contributed by atoms with Gasteiger partial charge < -0.3 is 137 Å². The van der Waals surface area contributed by atoms with Gasteiger partial charge in [-0.25, -0.2) is 9.59 Å². The highest BCUT2D eigenvalue weighted by Crippen LogP contribution is 2.47. The average Bonchev–Trinajstić information content (AvgIpc) is 1.76. The molecule has 674 valence electrons. The van der Waals surface area contributed by atoms with Crippen LogP contribution in [0.25, 0.3) is 33.8 Å². The second-order valence-corrected chi connectivity index (χ2v) is 34.2. The number of phenols is 1. The van der Waals surface area contributed by atoms with Gasteiger partial charge in [-0.1, -0.05) is 70.6 Å². The summed E-state index contributed by atoms with van der Waals surface area (Å²) in [6.45, 7) is 0. The maximum atomic E-state index is 10.6. The van der Waals surface area contributed by atoms with E-state index < -0.39 is 22.1 Å². The van der Waals surface area contributed by atoms with Crippen molar-refractivity contribution in [3.05, 3.63) is 335 Å². The molecule has 0 saturated carbocycles. The van der Waals surface area contributed by atoms with Crippen molar-refractivity contribution in [3.8, 4) is 62.5 Å². The number of nitrogens with two attached hydrogens (primary N) is 18. The Hall–Kier alpha value is -15.6. The number of benzene rings is 14. The summed E-state index contributed by atoms with van der Waals surface area (Å²) in [5.74, 6) is 2.07. The molecule has 30 nitrogen and oxygen atoms in total. The Morgan fingerprint density at radius 1 is 0.313 bits per heavy atom. The number of halogens is 3. The number of anilines is 18. The lowest BCUT2D eigenvalue weighted by Gasteiger charge is -2.20. The SMILES string of the molecule is Nc1cc(Cl)c(N)c(Cl)c1.Nc1cc(N)cc(C(=O)O)c1.Nc1ccc(-c2ccc(N)cc2-c2ccco2)c(-c2ccco2)c1.Nc1ccc(Br)c(N)c1.Nc1ccc(C(=O)O)c(N)c1.Nc1ccc(N)c(S(=O)(=O)O)c1.Nc1ccc(O)c(N)c1.Nc1ccc(Sc2ccc(Sc3ccc(Sc4ccc(N)cc4)cc3)cc2)cc1.Nc1ccc2c(c1)Oc1cc(N)ccc1O2. The Labute approximate surface area is 784 Å². The number of nitrogen functional groups attached to an aromatic ring is 18. The quantitative estimate of drug-likeness (QED) is 0.0234. The van der Waals surface area contributed by atoms with Crippen LogP contribution in [0.1, 0.15) is 20.7 Å². The predicted octanol–water partition coefficient (Wildman–Crippen LogP) is 20.6. The number of carbonyl (C=O) groups is 2. The minimum atomic E-state index is -4.26. The molecule has 0 bridgehead atoms. The largest absolute Gasteiger partial charge is 0.506 e. The van der Waals surface area contributed by atoms with E-state index in [9.17, 15) is 18.0 Å². The van der Waals surface area contributed by atoms with Crippen LogP contribution < -0.4 is 113 Å². The Bertz CT molecular complexity index is 6410. The molecule has 16 aromatic rings. The number of hydrogen-bond acceptors (Lipinski definition) is 30. The van der Waals surface area contributed by atoms with Gasteiger partial charge in [0.2, 0.25) is 0 Å². The topological polar surface area (TPSA) is 662 Å². The fourth-order valence-corrected chi connectivity index (χ4v) is 15.1. The van der Waals surface area contributed by atoms with E-state index in [1.165, 1.54) is 90.0 Å². The number of ether oxygens (including phenoxy) is 2. The summed E-state index contributed by atoms with van der Waals surface area (Å²) in [6, 6.07) is 88.3. The number of hydrogen-bond donors (Lipinski definition) is 22. The maximum Gasteiger partial charge on any atom is 0.337 e. The first-order chi connectivity index (χ1) is 62.2. The van der Waals surface area contributed by atoms with E-state index in [0.717, 1.165) is 55.7 Å². The molecule has 131 heavy (non-hydrogen) atoms. The monoisotopic (exact) mass is 1940 g/mol. The molecule has 1 aliphatic heterocycles. The summed E-state index contributed by atoms with van der Waals surface area (Å²) in [7, 11) is -4.26. The number of aromatic carboxylic acids is 2. The van der Waals surface area contributed by atoms with Crippen molar-refractivity contribution in [3.63, 3.8) is 0 Å². The zero-order chi connectivity index (χ0) is 95.3. The molecule has 2 aromatic heterocycles. The van der Waals surface area contributed by atoms with Crippen LogP contribution in [-0.4, -0.2) is 40.2 Å². The van der Waals surface area contributed by atoms with Crippen molar-refractivity contribution in [1.29, 1.82) is 0 Å². The third-order valence-electron chi connectivity index (χ3n) is 17.5. The number of carboxylic acid groups (broad SMARTS) is 2. The van der Waals surface area contributed by atoms with Gasteiger partial charge in [0.1, 0.15) is 22.2 Å². The molecule has 0 spiro atoms. The van der Waals surface area contributed by atoms with Crippen molar-refractivity contribution in [2.24, 2.45) is 0 Å². The van der Waals surface area contributed by atoms with E-state index in [0.29, 0.717) is 107 Å². The average molecular weight is 1940 g/mol. The molecule has 0 amide bonds. The predicted molar refractivity (Wildman–Crippen MR) is 540 cm³/mol. The van der Waals surface area contributed by atoms with E-state index in [-0.39, 0.29) is 38.8 Å². The van der Waals surface area contributed by atoms with Crippen LogP contribution in [0.3, 0.4) is 0 Å². The minimum Gasteiger partial charge on any atom is -0.506 e. The van der Waals surface area contributed by atoms with Gasteiger partial charge in [-0.15, -0.1) is 0 Å². The molecule has 0 aliphatic carbocycles. The number of carboxylic acids is 2. The van der Waals surface area contributed by atoms with E-state index in [2.05, 4.69) is 64.5 Å². The van der Waals surface area contributed by atoms with Gasteiger partial charge in [0.15, 0.2) is 23.0 Å². The molecule has 0 saturated heterocycles. The molecule has 0 radical (unpaired) electrons. The number of fused-ring (bicyclic) bond motifs is 2. The van der Waals surface area contributed by atoms with Gasteiger partial charge in [-0.2, -0.15) is 8.42 Å². The molecule has 3 heterocycles. The second-order valence-electron chi connectivity index (χ2n) is 27.7. The molecule has 17 rings (SSSR count). The molecule has 0 unspecified atom stereocenters. The first-order valence-electron chi connectivity index (χ1n) is 38.2. The molecule has 37 heteroatoms. The smallest absolute Gasteiger partial charge is 0.337 e. The molecule has 14 aromatic carbocycles. The van der Waals surface area contributed by atoms with Crippen LogP contribution in [-0.2, 0) is 10.1 Å². The van der Waals surface area contributed by atoms with E-state index in [4.69, 9.17) is 165 Å². The number of furan rings is 2. The van der Waals surface area contributed by atoms with Crippen molar-refractivity contribution in [2.75, 3.05) is 103 Å². The van der Waals surface area contributed by atoms with Gasteiger partial charge in [-0.05, 0) is 300 Å². The van der Waals surface area contributed by atoms with E-state index in [1.807, 2.05) is 115 Å². The molecular weight excluding hydrogens is 1850 g/mol. The lowest BCUT2D eigenvalue weighted by molar-refractivity contribution is 0.0686. The van der Waals surface area contributed by atoms with Crippen LogP contribution in [0.4, 0.5) is 102 Å². The maximum absolute atomic E-state index is 10.6. The molecule has 0 fully saturated rings. The van der Waals surface area contributed by atoms with Gasteiger partial charge >= 0.3 is 11.9 Å². The molecular formula is C94H91BrCl2N18O12S4.